The van der Waals surface area contributed by atoms with Crippen molar-refractivity contribution in [2.24, 2.45) is 0 Å². The number of carbonyl (C=O) groups is 2. The van der Waals surface area contributed by atoms with Gasteiger partial charge in [-0.3, -0.25) is 9.59 Å². The summed E-state index contributed by atoms with van der Waals surface area (Å²) in [5.74, 6) is -0.582. The molecule has 0 radical (unpaired) electrons. The summed E-state index contributed by atoms with van der Waals surface area (Å²) in [6.07, 6.45) is 0.0733. The van der Waals surface area contributed by atoms with Crippen LogP contribution >= 0.6 is 11.3 Å². The topological polar surface area (TPSA) is 40.6 Å². The fourth-order valence-corrected chi connectivity index (χ4v) is 5.67. The number of hydrogen-bond acceptors (Lipinski definition) is 3. The summed E-state index contributed by atoms with van der Waals surface area (Å²) < 4.78 is 39.1. The lowest BCUT2D eigenvalue weighted by atomic mass is 9.93. The summed E-state index contributed by atoms with van der Waals surface area (Å²) in [5.41, 5.74) is 0.349. The SMILES string of the molecule is Cc1ccc(CN(Cc2ccccc2)C(=O)CN(C(=O)c2ccc(C(F)(F)F)cc2)C2CCCCC2)s1. The summed E-state index contributed by atoms with van der Waals surface area (Å²) in [5, 5.41) is 0. The summed E-state index contributed by atoms with van der Waals surface area (Å²) >= 11 is 1.63. The average Bonchev–Trinajstić information content (AvgIpc) is 3.31. The molecule has 0 aliphatic heterocycles. The van der Waals surface area contributed by atoms with Crippen LogP contribution in [0.2, 0.25) is 0 Å². The molecule has 4 nitrogen and oxygen atoms in total. The van der Waals surface area contributed by atoms with Crippen molar-refractivity contribution in [2.45, 2.75) is 64.3 Å². The monoisotopic (exact) mass is 528 g/mol. The highest BCUT2D eigenvalue weighted by molar-refractivity contribution is 7.11. The molecule has 0 bridgehead atoms. The van der Waals surface area contributed by atoms with Crippen molar-refractivity contribution in [3.8, 4) is 0 Å². The van der Waals surface area contributed by atoms with E-state index in [1.807, 2.05) is 49.4 Å². The third kappa shape index (κ3) is 7.22. The molecule has 3 aromatic rings. The molecule has 0 saturated heterocycles. The van der Waals surface area contributed by atoms with E-state index in [0.717, 1.165) is 59.6 Å². The van der Waals surface area contributed by atoms with Gasteiger partial charge >= 0.3 is 6.18 Å². The zero-order chi connectivity index (χ0) is 26.4. The number of carbonyl (C=O) groups excluding carboxylic acids is 2. The first-order valence-corrected chi connectivity index (χ1v) is 13.4. The molecular formula is C29H31F3N2O2S. The van der Waals surface area contributed by atoms with Crippen LogP contribution < -0.4 is 0 Å². The van der Waals surface area contributed by atoms with Crippen molar-refractivity contribution in [2.75, 3.05) is 6.54 Å². The standard InChI is InChI=1S/C29H31F3N2O2S/c1-21-12-17-26(37-21)19-33(18-22-8-4-2-5-9-22)27(35)20-34(25-10-6-3-7-11-25)28(36)23-13-15-24(16-14-23)29(30,31)32/h2,4-5,8-9,12-17,25H,3,6-7,10-11,18-20H2,1H3. The maximum atomic E-state index is 13.7. The van der Waals surface area contributed by atoms with Gasteiger partial charge in [0.15, 0.2) is 0 Å². The number of nitrogens with zero attached hydrogens (tertiary/aromatic N) is 2. The molecular weight excluding hydrogens is 497 g/mol. The summed E-state index contributed by atoms with van der Waals surface area (Å²) in [7, 11) is 0. The quantitative estimate of drug-likeness (QED) is 0.314. The molecule has 37 heavy (non-hydrogen) atoms. The van der Waals surface area contributed by atoms with Crippen molar-refractivity contribution in [3.05, 3.63) is 93.2 Å². The van der Waals surface area contributed by atoms with Crippen LogP contribution in [-0.4, -0.2) is 34.2 Å². The second-order valence-electron chi connectivity index (χ2n) is 9.55. The van der Waals surface area contributed by atoms with Crippen LogP contribution in [0.3, 0.4) is 0 Å². The van der Waals surface area contributed by atoms with Gasteiger partial charge in [-0.1, -0.05) is 49.6 Å². The molecule has 2 amide bonds. The second-order valence-corrected chi connectivity index (χ2v) is 10.9. The lowest BCUT2D eigenvalue weighted by Crippen LogP contribution is -2.48. The van der Waals surface area contributed by atoms with Gasteiger partial charge in [0.2, 0.25) is 5.91 Å². The Morgan fingerprint density at radius 1 is 0.892 bits per heavy atom. The highest BCUT2D eigenvalue weighted by Crippen LogP contribution is 2.30. The number of alkyl halides is 3. The van der Waals surface area contributed by atoms with Crippen molar-refractivity contribution < 1.29 is 22.8 Å². The first-order valence-electron chi connectivity index (χ1n) is 12.6. The lowest BCUT2D eigenvalue weighted by Gasteiger charge is -2.35. The van der Waals surface area contributed by atoms with E-state index in [1.165, 1.54) is 12.1 Å². The number of hydrogen-bond donors (Lipinski definition) is 0. The van der Waals surface area contributed by atoms with Crippen molar-refractivity contribution in [1.29, 1.82) is 0 Å². The molecule has 0 spiro atoms. The smallest absolute Gasteiger partial charge is 0.332 e. The van der Waals surface area contributed by atoms with Crippen molar-refractivity contribution >= 4 is 23.2 Å². The molecule has 2 aromatic carbocycles. The maximum absolute atomic E-state index is 13.7. The number of benzene rings is 2. The van der Waals surface area contributed by atoms with Gasteiger partial charge in [0, 0.05) is 27.9 Å². The molecule has 1 aliphatic carbocycles. The Hall–Kier alpha value is -3.13. The highest BCUT2D eigenvalue weighted by atomic mass is 32.1. The lowest BCUT2D eigenvalue weighted by molar-refractivity contribution is -0.137. The van der Waals surface area contributed by atoms with Gasteiger partial charge in [-0.15, -0.1) is 11.3 Å². The van der Waals surface area contributed by atoms with E-state index in [9.17, 15) is 22.8 Å². The van der Waals surface area contributed by atoms with Crippen molar-refractivity contribution in [1.82, 2.24) is 9.80 Å². The van der Waals surface area contributed by atoms with Gasteiger partial charge in [-0.25, -0.2) is 0 Å². The van der Waals surface area contributed by atoms with E-state index in [0.29, 0.717) is 13.1 Å². The molecule has 1 fully saturated rings. The fourth-order valence-electron chi connectivity index (χ4n) is 4.77. The Balaban J connectivity index is 1.58. The molecule has 0 atom stereocenters. The van der Waals surface area contributed by atoms with E-state index < -0.39 is 17.6 Å². The minimum atomic E-state index is -4.47. The minimum absolute atomic E-state index is 0.109. The summed E-state index contributed by atoms with van der Waals surface area (Å²) in [6.45, 7) is 2.75. The number of thiophene rings is 1. The van der Waals surface area contributed by atoms with Crippen LogP contribution in [0.15, 0.2) is 66.7 Å². The number of aryl methyl sites for hydroxylation is 1. The van der Waals surface area contributed by atoms with Crippen molar-refractivity contribution in [3.63, 3.8) is 0 Å². The molecule has 1 saturated carbocycles. The van der Waals surface area contributed by atoms with Gasteiger partial charge in [0.1, 0.15) is 6.54 Å². The average molecular weight is 529 g/mol. The maximum Gasteiger partial charge on any atom is 0.416 e. The third-order valence-corrected chi connectivity index (χ3v) is 7.74. The summed E-state index contributed by atoms with van der Waals surface area (Å²) in [6, 6.07) is 17.9. The molecule has 1 aliphatic rings. The summed E-state index contributed by atoms with van der Waals surface area (Å²) in [4.78, 5) is 32.8. The highest BCUT2D eigenvalue weighted by Gasteiger charge is 2.32. The zero-order valence-electron chi connectivity index (χ0n) is 20.8. The molecule has 0 unspecified atom stereocenters. The second kappa shape index (κ2) is 11.9. The van der Waals surface area contributed by atoms with Crippen LogP contribution in [0.4, 0.5) is 13.2 Å². The predicted octanol–water partition coefficient (Wildman–Crippen LogP) is 7.08. The molecule has 4 rings (SSSR count). The van der Waals surface area contributed by atoms with Crippen LogP contribution in [0.25, 0.3) is 0 Å². The first kappa shape index (κ1) is 26.9. The minimum Gasteiger partial charge on any atom is -0.332 e. The number of amides is 2. The third-order valence-electron chi connectivity index (χ3n) is 6.75. The number of rotatable bonds is 8. The Bertz CT molecular complexity index is 1190. The first-order chi connectivity index (χ1) is 17.7. The molecule has 8 heteroatoms. The largest absolute Gasteiger partial charge is 0.416 e. The van der Waals surface area contributed by atoms with E-state index in [1.54, 1.807) is 21.1 Å². The van der Waals surface area contributed by atoms with Gasteiger partial charge in [-0.05, 0) is 61.7 Å². The van der Waals surface area contributed by atoms with E-state index in [4.69, 9.17) is 0 Å². The molecule has 1 aromatic heterocycles. The van der Waals surface area contributed by atoms with Gasteiger partial charge in [-0.2, -0.15) is 13.2 Å². The van der Waals surface area contributed by atoms with Crippen LogP contribution in [0.1, 0.15) is 63.3 Å². The van der Waals surface area contributed by atoms with Gasteiger partial charge in [0.25, 0.3) is 5.91 Å². The molecule has 196 valence electrons. The van der Waals surface area contributed by atoms with Gasteiger partial charge < -0.3 is 9.80 Å². The Morgan fingerprint density at radius 3 is 2.16 bits per heavy atom. The Labute approximate surface area is 219 Å². The Kier molecular flexibility index (Phi) is 8.69. The Morgan fingerprint density at radius 2 is 1.57 bits per heavy atom. The zero-order valence-corrected chi connectivity index (χ0v) is 21.7. The fraction of sp³-hybridized carbons (Fsp3) is 0.379. The predicted molar refractivity (Wildman–Crippen MR) is 139 cm³/mol. The normalized spacial score (nSPS) is 14.4. The van der Waals surface area contributed by atoms with Gasteiger partial charge in [0.05, 0.1) is 12.1 Å². The van der Waals surface area contributed by atoms with Crippen LogP contribution in [0.5, 0.6) is 0 Å². The molecule has 1 heterocycles. The van der Waals surface area contributed by atoms with Crippen LogP contribution in [0, 0.1) is 6.92 Å². The number of halogens is 3. The van der Waals surface area contributed by atoms with E-state index in [2.05, 4.69) is 0 Å². The van der Waals surface area contributed by atoms with E-state index in [-0.39, 0.29) is 24.1 Å². The molecule has 0 N–H and O–H groups in total. The van der Waals surface area contributed by atoms with E-state index >= 15 is 0 Å². The van der Waals surface area contributed by atoms with Crippen LogP contribution in [-0.2, 0) is 24.1 Å².